The van der Waals surface area contributed by atoms with Gasteiger partial charge in [0.15, 0.2) is 0 Å². The molecule has 114 valence electrons. The van der Waals surface area contributed by atoms with Crippen molar-refractivity contribution in [3.8, 4) is 0 Å². The van der Waals surface area contributed by atoms with Gasteiger partial charge in [0.1, 0.15) is 0 Å². The van der Waals surface area contributed by atoms with Crippen molar-refractivity contribution in [2.75, 3.05) is 13.2 Å². The predicted molar refractivity (Wildman–Crippen MR) is 91.1 cm³/mol. The number of ether oxygens (including phenoxy) is 1. The maximum Gasteiger partial charge on any atom is 0.0576 e. The SMILES string of the molecule is CCNC(CCCC1CCCO1)c1cc2ccccc2s1. The fraction of sp³-hybridized carbons (Fsp3) is 0.556. The summed E-state index contributed by atoms with van der Waals surface area (Å²) in [5.41, 5.74) is 0. The fourth-order valence-electron chi connectivity index (χ4n) is 3.19. The molecule has 2 heterocycles. The quantitative estimate of drug-likeness (QED) is 0.785. The van der Waals surface area contributed by atoms with Crippen LogP contribution in [0.15, 0.2) is 30.3 Å². The van der Waals surface area contributed by atoms with Gasteiger partial charge in [0, 0.05) is 22.2 Å². The van der Waals surface area contributed by atoms with E-state index in [1.807, 2.05) is 11.3 Å². The third kappa shape index (κ3) is 3.85. The first-order valence-electron chi connectivity index (χ1n) is 8.20. The van der Waals surface area contributed by atoms with E-state index in [0.717, 1.165) is 13.2 Å². The van der Waals surface area contributed by atoms with Crippen LogP contribution in [0.2, 0.25) is 0 Å². The van der Waals surface area contributed by atoms with E-state index in [1.54, 1.807) is 0 Å². The first-order chi connectivity index (χ1) is 10.4. The zero-order chi connectivity index (χ0) is 14.5. The molecule has 1 aromatic carbocycles. The molecule has 1 aromatic heterocycles. The number of thiophene rings is 1. The van der Waals surface area contributed by atoms with E-state index >= 15 is 0 Å². The Morgan fingerprint density at radius 2 is 2.29 bits per heavy atom. The number of nitrogens with one attached hydrogen (secondary N) is 1. The second-order valence-corrected chi connectivity index (χ2v) is 6.98. The Bertz CT molecular complexity index is 526. The molecule has 2 nitrogen and oxygen atoms in total. The summed E-state index contributed by atoms with van der Waals surface area (Å²) in [7, 11) is 0. The molecule has 1 aliphatic rings. The van der Waals surface area contributed by atoms with Gasteiger partial charge in [0.05, 0.1) is 6.10 Å². The highest BCUT2D eigenvalue weighted by atomic mass is 32.1. The van der Waals surface area contributed by atoms with Crippen molar-refractivity contribution >= 4 is 21.4 Å². The zero-order valence-corrected chi connectivity index (χ0v) is 13.6. The smallest absolute Gasteiger partial charge is 0.0576 e. The molecule has 0 amide bonds. The van der Waals surface area contributed by atoms with Crippen molar-refractivity contribution in [1.82, 2.24) is 5.32 Å². The molecule has 21 heavy (non-hydrogen) atoms. The van der Waals surface area contributed by atoms with Gasteiger partial charge < -0.3 is 10.1 Å². The maximum atomic E-state index is 5.73. The van der Waals surface area contributed by atoms with Crippen LogP contribution in [0.4, 0.5) is 0 Å². The predicted octanol–water partition coefficient (Wildman–Crippen LogP) is 4.90. The summed E-state index contributed by atoms with van der Waals surface area (Å²) in [5, 5.41) is 5.03. The summed E-state index contributed by atoms with van der Waals surface area (Å²) < 4.78 is 7.13. The van der Waals surface area contributed by atoms with Crippen molar-refractivity contribution in [1.29, 1.82) is 0 Å². The summed E-state index contributed by atoms with van der Waals surface area (Å²) >= 11 is 1.93. The molecule has 0 saturated carbocycles. The lowest BCUT2D eigenvalue weighted by atomic mass is 10.0. The van der Waals surface area contributed by atoms with Crippen LogP contribution in [0.5, 0.6) is 0 Å². The normalized spacial score (nSPS) is 20.1. The van der Waals surface area contributed by atoms with Crippen LogP contribution in [0.3, 0.4) is 0 Å². The zero-order valence-electron chi connectivity index (χ0n) is 12.8. The van der Waals surface area contributed by atoms with Crippen LogP contribution in [-0.4, -0.2) is 19.3 Å². The molecule has 1 N–H and O–H groups in total. The van der Waals surface area contributed by atoms with Crippen LogP contribution in [-0.2, 0) is 4.74 Å². The first kappa shape index (κ1) is 15.0. The van der Waals surface area contributed by atoms with E-state index in [9.17, 15) is 0 Å². The highest BCUT2D eigenvalue weighted by molar-refractivity contribution is 7.19. The molecule has 3 heteroatoms. The lowest BCUT2D eigenvalue weighted by Gasteiger charge is -2.17. The molecule has 0 spiro atoms. The summed E-state index contributed by atoms with van der Waals surface area (Å²) in [6.07, 6.45) is 6.70. The van der Waals surface area contributed by atoms with Crippen molar-refractivity contribution in [3.05, 3.63) is 35.2 Å². The summed E-state index contributed by atoms with van der Waals surface area (Å²) in [6.45, 7) is 4.19. The van der Waals surface area contributed by atoms with Gasteiger partial charge in [-0.3, -0.25) is 0 Å². The van der Waals surface area contributed by atoms with Gasteiger partial charge in [-0.25, -0.2) is 0 Å². The van der Waals surface area contributed by atoms with E-state index in [2.05, 4.69) is 42.6 Å². The second-order valence-electron chi connectivity index (χ2n) is 5.86. The Labute approximate surface area is 131 Å². The van der Waals surface area contributed by atoms with E-state index < -0.39 is 0 Å². The third-order valence-corrected chi connectivity index (χ3v) is 5.51. The number of fused-ring (bicyclic) bond motifs is 1. The van der Waals surface area contributed by atoms with E-state index in [0.29, 0.717) is 12.1 Å². The average molecular weight is 303 g/mol. The molecule has 2 unspecified atom stereocenters. The lowest BCUT2D eigenvalue weighted by molar-refractivity contribution is 0.101. The number of benzene rings is 1. The van der Waals surface area contributed by atoms with Crippen molar-refractivity contribution in [2.45, 2.75) is 51.2 Å². The molecule has 0 bridgehead atoms. The first-order valence-corrected chi connectivity index (χ1v) is 9.02. The number of hydrogen-bond acceptors (Lipinski definition) is 3. The number of hydrogen-bond donors (Lipinski definition) is 1. The van der Waals surface area contributed by atoms with Gasteiger partial charge in [-0.05, 0) is 56.2 Å². The van der Waals surface area contributed by atoms with Crippen LogP contribution in [0.1, 0.15) is 49.9 Å². The van der Waals surface area contributed by atoms with Crippen LogP contribution < -0.4 is 5.32 Å². The van der Waals surface area contributed by atoms with Gasteiger partial charge >= 0.3 is 0 Å². The highest BCUT2D eigenvalue weighted by Crippen LogP contribution is 2.32. The Hall–Kier alpha value is -0.900. The molecule has 1 fully saturated rings. The standard InChI is InChI=1S/C18H25NOS/c1-2-19-16(10-5-8-15-9-6-12-20-15)18-13-14-7-3-4-11-17(14)21-18/h3-4,7,11,13,15-16,19H,2,5-6,8-10,12H2,1H3. The lowest BCUT2D eigenvalue weighted by Crippen LogP contribution is -2.20. The molecule has 3 rings (SSSR count). The second kappa shape index (κ2) is 7.39. The van der Waals surface area contributed by atoms with Gasteiger partial charge in [0.25, 0.3) is 0 Å². The minimum absolute atomic E-state index is 0.494. The van der Waals surface area contributed by atoms with Crippen molar-refractivity contribution < 1.29 is 4.74 Å². The van der Waals surface area contributed by atoms with E-state index in [1.165, 1.54) is 47.1 Å². The Morgan fingerprint density at radius 3 is 3.05 bits per heavy atom. The molecular weight excluding hydrogens is 278 g/mol. The average Bonchev–Trinajstić information content (AvgIpc) is 3.15. The Morgan fingerprint density at radius 1 is 1.38 bits per heavy atom. The molecule has 0 aliphatic carbocycles. The molecule has 1 aliphatic heterocycles. The van der Waals surface area contributed by atoms with Crippen LogP contribution >= 0.6 is 11.3 Å². The maximum absolute atomic E-state index is 5.73. The van der Waals surface area contributed by atoms with Gasteiger partial charge in [-0.1, -0.05) is 25.1 Å². The fourth-order valence-corrected chi connectivity index (χ4v) is 4.36. The third-order valence-electron chi connectivity index (χ3n) is 4.28. The summed E-state index contributed by atoms with van der Waals surface area (Å²) in [4.78, 5) is 1.48. The van der Waals surface area contributed by atoms with Crippen LogP contribution in [0.25, 0.3) is 10.1 Å². The summed E-state index contributed by atoms with van der Waals surface area (Å²) in [6, 6.07) is 11.5. The monoisotopic (exact) mass is 303 g/mol. The van der Waals surface area contributed by atoms with E-state index in [4.69, 9.17) is 4.74 Å². The Kier molecular flexibility index (Phi) is 5.28. The van der Waals surface area contributed by atoms with Crippen molar-refractivity contribution in [3.63, 3.8) is 0 Å². The molecule has 2 aromatic rings. The summed E-state index contributed by atoms with van der Waals surface area (Å²) in [5.74, 6) is 0. The topological polar surface area (TPSA) is 21.3 Å². The molecule has 2 atom stereocenters. The van der Waals surface area contributed by atoms with Crippen molar-refractivity contribution in [2.24, 2.45) is 0 Å². The Balaban J connectivity index is 1.62. The molecular formula is C18H25NOS. The van der Waals surface area contributed by atoms with E-state index in [-0.39, 0.29) is 0 Å². The minimum Gasteiger partial charge on any atom is -0.378 e. The van der Waals surface area contributed by atoms with Gasteiger partial charge in [-0.15, -0.1) is 11.3 Å². The highest BCUT2D eigenvalue weighted by Gasteiger charge is 2.17. The van der Waals surface area contributed by atoms with Crippen LogP contribution in [0, 0.1) is 0 Å². The van der Waals surface area contributed by atoms with Gasteiger partial charge in [-0.2, -0.15) is 0 Å². The van der Waals surface area contributed by atoms with Gasteiger partial charge in [0.2, 0.25) is 0 Å². The minimum atomic E-state index is 0.494. The molecule has 0 radical (unpaired) electrons. The molecule has 1 saturated heterocycles. The number of rotatable bonds is 7. The largest absolute Gasteiger partial charge is 0.378 e.